The molecule has 0 spiro atoms. The van der Waals surface area contributed by atoms with Gasteiger partial charge in [0.05, 0.1) is 5.54 Å². The Morgan fingerprint density at radius 3 is 2.50 bits per heavy atom. The maximum atomic E-state index is 11.3. The van der Waals surface area contributed by atoms with Crippen molar-refractivity contribution < 1.29 is 4.79 Å². The van der Waals surface area contributed by atoms with Crippen LogP contribution in [-0.2, 0) is 4.79 Å². The van der Waals surface area contributed by atoms with Crippen molar-refractivity contribution in [1.82, 2.24) is 5.32 Å². The number of hydrogen-bond acceptors (Lipinski definition) is 1. The van der Waals surface area contributed by atoms with Gasteiger partial charge < -0.3 is 5.32 Å². The van der Waals surface area contributed by atoms with Gasteiger partial charge in [0, 0.05) is 12.8 Å². The number of carbonyl (C=O) groups is 1. The van der Waals surface area contributed by atoms with E-state index in [4.69, 9.17) is 12.8 Å². The largest absolute Gasteiger partial charge is 0.340 e. The predicted molar refractivity (Wildman–Crippen MR) is 58.4 cm³/mol. The molecule has 14 heavy (non-hydrogen) atoms. The maximum Gasteiger partial charge on any atom is 0.221 e. The molecule has 2 nitrogen and oxygen atoms in total. The van der Waals surface area contributed by atoms with Crippen molar-refractivity contribution in [2.24, 2.45) is 0 Å². The number of carbonyl (C=O) groups excluding carboxylic acids is 1. The van der Waals surface area contributed by atoms with E-state index in [9.17, 15) is 4.79 Å². The van der Waals surface area contributed by atoms with Crippen LogP contribution in [0.2, 0.25) is 0 Å². The van der Waals surface area contributed by atoms with Crippen LogP contribution in [-0.4, -0.2) is 11.4 Å². The topological polar surface area (TPSA) is 29.1 Å². The van der Waals surface area contributed by atoms with Gasteiger partial charge in [-0.1, -0.05) is 5.92 Å². The molecular weight excluding hydrogens is 174 g/mol. The standard InChI is InChI=1S/C12H17NO/c1-5-7-8-9-10-11(14)13-12(3,4)6-2/h1-2H,7-10H2,3-4H3,(H,13,14). The molecule has 0 heterocycles. The van der Waals surface area contributed by atoms with E-state index < -0.39 is 5.54 Å². The van der Waals surface area contributed by atoms with E-state index in [1.165, 1.54) is 0 Å². The molecule has 0 aliphatic carbocycles. The lowest BCUT2D eigenvalue weighted by atomic mass is 10.1. The molecule has 0 aliphatic rings. The Morgan fingerprint density at radius 2 is 2.00 bits per heavy atom. The van der Waals surface area contributed by atoms with Gasteiger partial charge in [0.25, 0.3) is 0 Å². The van der Waals surface area contributed by atoms with Gasteiger partial charge in [-0.15, -0.1) is 18.8 Å². The second-order valence-corrected chi connectivity index (χ2v) is 3.73. The molecule has 1 N–H and O–H groups in total. The van der Waals surface area contributed by atoms with Crippen LogP contribution in [0.15, 0.2) is 0 Å². The molecular formula is C12H17NO. The fourth-order valence-electron chi connectivity index (χ4n) is 0.960. The summed E-state index contributed by atoms with van der Waals surface area (Å²) in [4.78, 5) is 11.3. The number of unbranched alkanes of at least 4 members (excludes halogenated alkanes) is 2. The van der Waals surface area contributed by atoms with E-state index in [1.54, 1.807) is 13.8 Å². The third-order valence-electron chi connectivity index (χ3n) is 1.79. The molecule has 0 saturated heterocycles. The quantitative estimate of drug-likeness (QED) is 0.520. The predicted octanol–water partition coefficient (Wildman–Crippen LogP) is 1.71. The van der Waals surface area contributed by atoms with Crippen molar-refractivity contribution in [2.75, 3.05) is 0 Å². The number of terminal acetylenes is 2. The first-order valence-corrected chi connectivity index (χ1v) is 4.74. The normalized spacial score (nSPS) is 10.0. The SMILES string of the molecule is C#CCCCCC(=O)NC(C)(C)C#C. The van der Waals surface area contributed by atoms with Crippen LogP contribution in [0.3, 0.4) is 0 Å². The van der Waals surface area contributed by atoms with Crippen molar-refractivity contribution in [1.29, 1.82) is 0 Å². The fourth-order valence-corrected chi connectivity index (χ4v) is 0.960. The highest BCUT2D eigenvalue weighted by Crippen LogP contribution is 2.03. The molecule has 76 valence electrons. The molecule has 0 aromatic rings. The Balaban J connectivity index is 3.68. The Kier molecular flexibility index (Phi) is 5.49. The van der Waals surface area contributed by atoms with Crippen molar-refractivity contribution in [3.8, 4) is 24.7 Å². The van der Waals surface area contributed by atoms with Crippen LogP contribution in [0.5, 0.6) is 0 Å². The molecule has 0 saturated carbocycles. The Hall–Kier alpha value is -1.41. The minimum absolute atomic E-state index is 0.00929. The van der Waals surface area contributed by atoms with Crippen molar-refractivity contribution in [3.63, 3.8) is 0 Å². The molecule has 0 radical (unpaired) electrons. The van der Waals surface area contributed by atoms with Crippen molar-refractivity contribution >= 4 is 5.91 Å². The molecule has 0 rings (SSSR count). The number of rotatable bonds is 5. The molecule has 0 aromatic heterocycles. The van der Waals surface area contributed by atoms with E-state index in [1.807, 2.05) is 0 Å². The summed E-state index contributed by atoms with van der Waals surface area (Å²) < 4.78 is 0. The summed E-state index contributed by atoms with van der Waals surface area (Å²) in [6.07, 6.45) is 13.3. The Morgan fingerprint density at radius 1 is 1.36 bits per heavy atom. The van der Waals surface area contributed by atoms with Crippen LogP contribution in [0.1, 0.15) is 39.5 Å². The first kappa shape index (κ1) is 12.6. The average molecular weight is 191 g/mol. The van der Waals surface area contributed by atoms with Gasteiger partial charge in [-0.05, 0) is 26.7 Å². The van der Waals surface area contributed by atoms with Gasteiger partial charge in [-0.2, -0.15) is 0 Å². The smallest absolute Gasteiger partial charge is 0.221 e. The Labute approximate surface area is 86.5 Å². The molecule has 0 aromatic carbocycles. The van der Waals surface area contributed by atoms with E-state index in [0.717, 1.165) is 19.3 Å². The molecule has 0 atom stereocenters. The summed E-state index contributed by atoms with van der Waals surface area (Å²) in [7, 11) is 0. The lowest BCUT2D eigenvalue weighted by Gasteiger charge is -2.19. The molecule has 0 aliphatic heterocycles. The zero-order valence-electron chi connectivity index (χ0n) is 8.89. The van der Waals surface area contributed by atoms with Crippen LogP contribution >= 0.6 is 0 Å². The minimum Gasteiger partial charge on any atom is -0.340 e. The van der Waals surface area contributed by atoms with Gasteiger partial charge in [0.1, 0.15) is 0 Å². The fraction of sp³-hybridized carbons (Fsp3) is 0.583. The summed E-state index contributed by atoms with van der Waals surface area (Å²) in [5, 5.41) is 2.76. The highest BCUT2D eigenvalue weighted by molar-refractivity contribution is 5.77. The number of amides is 1. The van der Waals surface area contributed by atoms with Crippen molar-refractivity contribution in [3.05, 3.63) is 0 Å². The summed E-state index contributed by atoms with van der Waals surface area (Å²) >= 11 is 0. The summed E-state index contributed by atoms with van der Waals surface area (Å²) in [5.41, 5.74) is -0.552. The first-order chi connectivity index (χ1) is 6.52. The number of hydrogen-bond donors (Lipinski definition) is 1. The van der Waals surface area contributed by atoms with E-state index in [0.29, 0.717) is 6.42 Å². The van der Waals surface area contributed by atoms with Gasteiger partial charge in [0.2, 0.25) is 5.91 Å². The maximum absolute atomic E-state index is 11.3. The first-order valence-electron chi connectivity index (χ1n) is 4.74. The van der Waals surface area contributed by atoms with Gasteiger partial charge in [0.15, 0.2) is 0 Å². The molecule has 1 amide bonds. The van der Waals surface area contributed by atoms with Gasteiger partial charge in [-0.3, -0.25) is 4.79 Å². The molecule has 2 heteroatoms. The van der Waals surface area contributed by atoms with Crippen LogP contribution in [0.25, 0.3) is 0 Å². The monoisotopic (exact) mass is 191 g/mol. The van der Waals surface area contributed by atoms with Gasteiger partial charge >= 0.3 is 0 Å². The van der Waals surface area contributed by atoms with Crippen LogP contribution in [0.4, 0.5) is 0 Å². The van der Waals surface area contributed by atoms with E-state index >= 15 is 0 Å². The number of nitrogens with one attached hydrogen (secondary N) is 1. The zero-order valence-corrected chi connectivity index (χ0v) is 8.89. The Bertz CT molecular complexity index is 265. The molecule has 0 unspecified atom stereocenters. The van der Waals surface area contributed by atoms with Crippen molar-refractivity contribution in [2.45, 2.75) is 45.1 Å². The van der Waals surface area contributed by atoms with Gasteiger partial charge in [-0.25, -0.2) is 0 Å². The van der Waals surface area contributed by atoms with E-state index in [-0.39, 0.29) is 5.91 Å². The summed E-state index contributed by atoms with van der Waals surface area (Å²) in [6.45, 7) is 3.60. The second kappa shape index (κ2) is 6.11. The lowest BCUT2D eigenvalue weighted by molar-refractivity contribution is -0.122. The highest BCUT2D eigenvalue weighted by Gasteiger charge is 2.15. The zero-order chi connectivity index (χ0) is 11.0. The summed E-state index contributed by atoms with van der Waals surface area (Å²) in [6, 6.07) is 0. The highest BCUT2D eigenvalue weighted by atomic mass is 16.1. The molecule has 0 fully saturated rings. The van der Waals surface area contributed by atoms with Crippen LogP contribution in [0, 0.1) is 24.7 Å². The van der Waals surface area contributed by atoms with E-state index in [2.05, 4.69) is 17.2 Å². The third-order valence-corrected chi connectivity index (χ3v) is 1.79. The third kappa shape index (κ3) is 6.14. The second-order valence-electron chi connectivity index (χ2n) is 3.73. The average Bonchev–Trinajstić information content (AvgIpc) is 2.12. The van der Waals surface area contributed by atoms with Crippen LogP contribution < -0.4 is 5.32 Å². The lowest BCUT2D eigenvalue weighted by Crippen LogP contribution is -2.41. The minimum atomic E-state index is -0.552. The summed E-state index contributed by atoms with van der Waals surface area (Å²) in [5.74, 6) is 5.04. The molecule has 0 bridgehead atoms.